The lowest BCUT2D eigenvalue weighted by atomic mass is 10.2. The number of hydrogen-bond acceptors (Lipinski definition) is 3. The Bertz CT molecular complexity index is 313. The minimum absolute atomic E-state index is 0.00759. The molecule has 0 rings (SSSR count). The minimum Gasteiger partial charge on any atom is -0.481 e. The summed E-state index contributed by atoms with van der Waals surface area (Å²) in [5, 5.41) is 8.70. The molecule has 0 spiro atoms. The Labute approximate surface area is 90.7 Å². The summed E-state index contributed by atoms with van der Waals surface area (Å²) < 4.78 is 25.6. The molecule has 0 aromatic rings. The third kappa shape index (κ3) is 3.77. The van der Waals surface area contributed by atoms with Crippen molar-refractivity contribution >= 4 is 16.2 Å². The van der Waals surface area contributed by atoms with Crippen LogP contribution in [0.3, 0.4) is 0 Å². The van der Waals surface area contributed by atoms with Crippen molar-refractivity contribution in [2.45, 2.75) is 13.8 Å². The number of nitrogens with zero attached hydrogens (tertiary/aromatic N) is 2. The molecular weight excluding hydrogens is 220 g/mol. The van der Waals surface area contributed by atoms with Gasteiger partial charge >= 0.3 is 5.97 Å². The largest absolute Gasteiger partial charge is 0.481 e. The molecule has 6 nitrogen and oxygen atoms in total. The summed E-state index contributed by atoms with van der Waals surface area (Å²) in [5.74, 6) is -1.71. The summed E-state index contributed by atoms with van der Waals surface area (Å²) in [6.45, 7) is 3.41. The van der Waals surface area contributed by atoms with Crippen molar-refractivity contribution in [2.24, 2.45) is 5.92 Å². The van der Waals surface area contributed by atoms with Gasteiger partial charge in [0.15, 0.2) is 0 Å². The van der Waals surface area contributed by atoms with E-state index in [0.717, 1.165) is 8.61 Å². The molecule has 15 heavy (non-hydrogen) atoms. The lowest BCUT2D eigenvalue weighted by Gasteiger charge is -2.25. The van der Waals surface area contributed by atoms with Gasteiger partial charge in [-0.25, -0.2) is 0 Å². The maximum Gasteiger partial charge on any atom is 0.307 e. The molecule has 0 aliphatic rings. The van der Waals surface area contributed by atoms with Crippen LogP contribution in [0.1, 0.15) is 13.8 Å². The van der Waals surface area contributed by atoms with Gasteiger partial charge in [-0.3, -0.25) is 4.79 Å². The summed E-state index contributed by atoms with van der Waals surface area (Å²) in [6.07, 6.45) is 0. The summed E-state index contributed by atoms with van der Waals surface area (Å²) in [5.41, 5.74) is 0. The van der Waals surface area contributed by atoms with Crippen LogP contribution < -0.4 is 0 Å². The van der Waals surface area contributed by atoms with Gasteiger partial charge in [0.2, 0.25) is 0 Å². The van der Waals surface area contributed by atoms with Gasteiger partial charge in [-0.05, 0) is 0 Å². The summed E-state index contributed by atoms with van der Waals surface area (Å²) >= 11 is 0. The lowest BCUT2D eigenvalue weighted by molar-refractivity contribution is -0.141. The minimum atomic E-state index is -3.51. The molecule has 0 saturated heterocycles. The summed E-state index contributed by atoms with van der Waals surface area (Å²) in [7, 11) is -0.674. The molecule has 0 bridgehead atoms. The Kier molecular flexibility index (Phi) is 5.19. The number of aliphatic carboxylic acids is 1. The highest BCUT2D eigenvalue weighted by molar-refractivity contribution is 7.86. The van der Waals surface area contributed by atoms with Gasteiger partial charge in [-0.2, -0.15) is 17.0 Å². The van der Waals surface area contributed by atoms with Gasteiger partial charge < -0.3 is 5.11 Å². The van der Waals surface area contributed by atoms with Crippen LogP contribution in [0.25, 0.3) is 0 Å². The van der Waals surface area contributed by atoms with E-state index in [9.17, 15) is 13.2 Å². The average Bonchev–Trinajstić information content (AvgIpc) is 2.12. The lowest BCUT2D eigenvalue weighted by Crippen LogP contribution is -2.43. The summed E-state index contributed by atoms with van der Waals surface area (Å²) in [4.78, 5) is 10.6. The predicted octanol–water partition coefficient (Wildman–Crippen LogP) is -0.165. The zero-order chi connectivity index (χ0) is 12.2. The van der Waals surface area contributed by atoms with Gasteiger partial charge in [0.1, 0.15) is 0 Å². The van der Waals surface area contributed by atoms with E-state index in [2.05, 4.69) is 0 Å². The second-order valence-corrected chi connectivity index (χ2v) is 5.62. The molecule has 0 aromatic carbocycles. The third-order valence-corrected chi connectivity index (χ3v) is 4.02. The fourth-order valence-electron chi connectivity index (χ4n) is 1.00. The Morgan fingerprint density at radius 2 is 1.87 bits per heavy atom. The zero-order valence-corrected chi connectivity index (χ0v) is 10.3. The normalized spacial score (nSPS) is 14.5. The molecule has 0 fully saturated rings. The average molecular weight is 238 g/mol. The van der Waals surface area contributed by atoms with Crippen molar-refractivity contribution in [2.75, 3.05) is 27.2 Å². The highest BCUT2D eigenvalue weighted by Gasteiger charge is 2.26. The predicted molar refractivity (Wildman–Crippen MR) is 56.7 cm³/mol. The van der Waals surface area contributed by atoms with Gasteiger partial charge in [0.05, 0.1) is 5.92 Å². The van der Waals surface area contributed by atoms with Crippen molar-refractivity contribution in [3.8, 4) is 0 Å². The second-order valence-electron chi connectivity index (χ2n) is 3.48. The van der Waals surface area contributed by atoms with E-state index < -0.39 is 22.1 Å². The van der Waals surface area contributed by atoms with E-state index in [1.807, 2.05) is 0 Å². The molecule has 0 radical (unpaired) electrons. The molecule has 0 aliphatic heterocycles. The summed E-state index contributed by atoms with van der Waals surface area (Å²) in [6, 6.07) is 0. The maximum atomic E-state index is 11.7. The first kappa shape index (κ1) is 14.3. The van der Waals surface area contributed by atoms with Crippen LogP contribution in [0.2, 0.25) is 0 Å². The monoisotopic (exact) mass is 238 g/mol. The van der Waals surface area contributed by atoms with Crippen molar-refractivity contribution in [1.29, 1.82) is 0 Å². The first-order valence-electron chi connectivity index (χ1n) is 4.63. The van der Waals surface area contributed by atoms with Gasteiger partial charge in [0.25, 0.3) is 10.2 Å². The molecule has 0 aliphatic carbocycles. The van der Waals surface area contributed by atoms with Crippen LogP contribution in [0, 0.1) is 5.92 Å². The number of hydrogen-bond donors (Lipinski definition) is 1. The van der Waals surface area contributed by atoms with E-state index in [-0.39, 0.29) is 13.1 Å². The molecule has 1 N–H and O–H groups in total. The van der Waals surface area contributed by atoms with E-state index in [4.69, 9.17) is 5.11 Å². The number of carboxylic acid groups (broad SMARTS) is 1. The quantitative estimate of drug-likeness (QED) is 0.697. The molecule has 0 heterocycles. The van der Waals surface area contributed by atoms with E-state index in [0.29, 0.717) is 0 Å². The van der Waals surface area contributed by atoms with E-state index >= 15 is 0 Å². The van der Waals surface area contributed by atoms with Gasteiger partial charge in [-0.1, -0.05) is 13.8 Å². The molecular formula is C8H18N2O4S. The van der Waals surface area contributed by atoms with E-state index in [1.165, 1.54) is 21.0 Å². The molecule has 0 saturated carbocycles. The molecule has 90 valence electrons. The van der Waals surface area contributed by atoms with Crippen molar-refractivity contribution < 1.29 is 18.3 Å². The third-order valence-electron chi connectivity index (χ3n) is 2.04. The number of carbonyl (C=O) groups is 1. The second kappa shape index (κ2) is 5.43. The Morgan fingerprint density at radius 1 is 1.40 bits per heavy atom. The maximum absolute atomic E-state index is 11.7. The van der Waals surface area contributed by atoms with Crippen LogP contribution in [0.4, 0.5) is 0 Å². The number of rotatable bonds is 6. The van der Waals surface area contributed by atoms with Crippen LogP contribution in [0.15, 0.2) is 0 Å². The fraction of sp³-hybridized carbons (Fsp3) is 0.875. The van der Waals surface area contributed by atoms with Crippen LogP contribution in [-0.2, 0) is 15.0 Å². The Hall–Kier alpha value is -0.660. The van der Waals surface area contributed by atoms with Crippen LogP contribution >= 0.6 is 0 Å². The van der Waals surface area contributed by atoms with Crippen LogP contribution in [0.5, 0.6) is 0 Å². The first-order chi connectivity index (χ1) is 6.73. The van der Waals surface area contributed by atoms with Crippen molar-refractivity contribution in [3.63, 3.8) is 0 Å². The van der Waals surface area contributed by atoms with Crippen LogP contribution in [-0.4, -0.2) is 55.3 Å². The molecule has 7 heteroatoms. The zero-order valence-electron chi connectivity index (χ0n) is 9.47. The highest BCUT2D eigenvalue weighted by atomic mass is 32.2. The Balaban J connectivity index is 4.72. The Morgan fingerprint density at radius 3 is 2.13 bits per heavy atom. The first-order valence-corrected chi connectivity index (χ1v) is 6.03. The van der Waals surface area contributed by atoms with Gasteiger partial charge in [0, 0.05) is 27.2 Å². The molecule has 1 unspecified atom stereocenters. The molecule has 0 aromatic heterocycles. The van der Waals surface area contributed by atoms with E-state index in [1.54, 1.807) is 6.92 Å². The van der Waals surface area contributed by atoms with Crippen molar-refractivity contribution in [3.05, 3.63) is 0 Å². The molecule has 1 atom stereocenters. The standard InChI is InChI=1S/C8H18N2O4S/c1-5-10(6-7(2)8(11)12)15(13,14)9(3)4/h7H,5-6H2,1-4H3,(H,11,12). The van der Waals surface area contributed by atoms with Crippen molar-refractivity contribution in [1.82, 2.24) is 8.61 Å². The topological polar surface area (TPSA) is 77.9 Å². The highest BCUT2D eigenvalue weighted by Crippen LogP contribution is 2.08. The smallest absolute Gasteiger partial charge is 0.307 e. The SMILES string of the molecule is CCN(CC(C)C(=O)O)S(=O)(=O)N(C)C. The molecule has 0 amide bonds. The van der Waals surface area contributed by atoms with Gasteiger partial charge in [-0.15, -0.1) is 0 Å². The fourth-order valence-corrected chi connectivity index (χ4v) is 2.20. The number of carboxylic acids is 1.